The molecule has 3 heterocycles. The van der Waals surface area contributed by atoms with Crippen molar-refractivity contribution in [2.75, 3.05) is 23.7 Å². The molecule has 2 unspecified atom stereocenters. The molecule has 0 aromatic carbocycles. The van der Waals surface area contributed by atoms with Crippen molar-refractivity contribution >= 4 is 11.6 Å². The second-order valence-corrected chi connectivity index (χ2v) is 5.65. The van der Waals surface area contributed by atoms with Gasteiger partial charge in [-0.15, -0.1) is 0 Å². The fourth-order valence-electron chi connectivity index (χ4n) is 2.96. The lowest BCUT2D eigenvalue weighted by molar-refractivity contribution is 0.0302. The average Bonchev–Trinajstić information content (AvgIpc) is 3.15. The lowest BCUT2D eigenvalue weighted by atomic mass is 10.2. The van der Waals surface area contributed by atoms with Gasteiger partial charge >= 0.3 is 0 Å². The first-order valence-electron chi connectivity index (χ1n) is 6.83. The molecule has 96 valence electrons. The fourth-order valence-corrected chi connectivity index (χ4v) is 2.96. The van der Waals surface area contributed by atoms with Crippen LogP contribution in [-0.4, -0.2) is 35.3 Å². The molecule has 2 aliphatic heterocycles. The van der Waals surface area contributed by atoms with Crippen molar-refractivity contribution in [1.82, 2.24) is 9.97 Å². The van der Waals surface area contributed by atoms with Gasteiger partial charge in [-0.25, -0.2) is 9.97 Å². The van der Waals surface area contributed by atoms with E-state index in [1.54, 1.807) is 0 Å². The highest BCUT2D eigenvalue weighted by Gasteiger charge is 2.35. The molecule has 0 radical (unpaired) electrons. The summed E-state index contributed by atoms with van der Waals surface area (Å²) in [5.41, 5.74) is 5.91. The molecule has 3 fully saturated rings. The van der Waals surface area contributed by atoms with Crippen LogP contribution >= 0.6 is 0 Å². The van der Waals surface area contributed by atoms with Gasteiger partial charge < -0.3 is 15.4 Å². The number of aromatic nitrogens is 2. The van der Waals surface area contributed by atoms with Crippen LogP contribution in [0.15, 0.2) is 6.07 Å². The van der Waals surface area contributed by atoms with E-state index in [1.807, 2.05) is 6.07 Å². The highest BCUT2D eigenvalue weighted by molar-refractivity contribution is 5.48. The lowest BCUT2D eigenvalue weighted by Gasteiger charge is -2.33. The number of anilines is 2. The summed E-state index contributed by atoms with van der Waals surface area (Å²) < 4.78 is 5.85. The molecule has 0 spiro atoms. The van der Waals surface area contributed by atoms with Crippen molar-refractivity contribution in [3.05, 3.63) is 11.9 Å². The fraction of sp³-hybridized carbons (Fsp3) is 0.692. The third-order valence-corrected chi connectivity index (χ3v) is 4.06. The minimum Gasteiger partial charge on any atom is -0.384 e. The summed E-state index contributed by atoms with van der Waals surface area (Å²) in [7, 11) is 0. The number of nitrogens with zero attached hydrogens (tertiary/aromatic N) is 3. The molecule has 4 rings (SSSR count). The van der Waals surface area contributed by atoms with E-state index < -0.39 is 0 Å². The highest BCUT2D eigenvalue weighted by atomic mass is 16.5. The maximum atomic E-state index is 5.91. The molecule has 1 aromatic rings. The molecule has 2 bridgehead atoms. The lowest BCUT2D eigenvalue weighted by Crippen LogP contribution is -2.43. The molecule has 5 nitrogen and oxygen atoms in total. The van der Waals surface area contributed by atoms with Crippen LogP contribution in [0.5, 0.6) is 0 Å². The maximum Gasteiger partial charge on any atom is 0.136 e. The van der Waals surface area contributed by atoms with Crippen molar-refractivity contribution in [3.63, 3.8) is 0 Å². The summed E-state index contributed by atoms with van der Waals surface area (Å²) in [6.07, 6.45) is 5.52. The monoisotopic (exact) mass is 246 g/mol. The Balaban J connectivity index is 1.63. The number of nitrogen functional groups attached to an aromatic ring is 1. The summed E-state index contributed by atoms with van der Waals surface area (Å²) in [5, 5.41) is 0. The topological polar surface area (TPSA) is 64.3 Å². The zero-order valence-corrected chi connectivity index (χ0v) is 10.4. The van der Waals surface area contributed by atoms with Gasteiger partial charge in [-0.1, -0.05) is 0 Å². The van der Waals surface area contributed by atoms with Crippen molar-refractivity contribution in [2.24, 2.45) is 0 Å². The Morgan fingerprint density at radius 3 is 2.50 bits per heavy atom. The van der Waals surface area contributed by atoms with Crippen LogP contribution in [-0.2, 0) is 4.74 Å². The number of nitrogens with two attached hydrogens (primary N) is 1. The number of hydrogen-bond donors (Lipinski definition) is 1. The SMILES string of the molecule is Nc1cc(N2CC3CCC(C2)O3)nc(C2CC2)n1. The summed E-state index contributed by atoms with van der Waals surface area (Å²) in [6, 6.07) is 1.90. The molecule has 2 N–H and O–H groups in total. The van der Waals surface area contributed by atoms with Gasteiger partial charge in [0.15, 0.2) is 0 Å². The van der Waals surface area contributed by atoms with Gasteiger partial charge in [-0.3, -0.25) is 0 Å². The first-order valence-corrected chi connectivity index (χ1v) is 6.83. The molecular formula is C13H18N4O. The van der Waals surface area contributed by atoms with Crippen LogP contribution in [0, 0.1) is 0 Å². The summed E-state index contributed by atoms with van der Waals surface area (Å²) in [4.78, 5) is 11.4. The van der Waals surface area contributed by atoms with Crippen LogP contribution in [0.3, 0.4) is 0 Å². The quantitative estimate of drug-likeness (QED) is 0.852. The van der Waals surface area contributed by atoms with Crippen molar-refractivity contribution in [1.29, 1.82) is 0 Å². The van der Waals surface area contributed by atoms with E-state index in [0.29, 0.717) is 23.9 Å². The van der Waals surface area contributed by atoms with Crippen LogP contribution in [0.2, 0.25) is 0 Å². The van der Waals surface area contributed by atoms with Crippen LogP contribution in [0.1, 0.15) is 37.4 Å². The first-order chi connectivity index (χ1) is 8.78. The van der Waals surface area contributed by atoms with Gasteiger partial charge in [0, 0.05) is 25.1 Å². The van der Waals surface area contributed by atoms with Gasteiger partial charge in [-0.05, 0) is 25.7 Å². The Morgan fingerprint density at radius 2 is 1.83 bits per heavy atom. The molecule has 1 saturated carbocycles. The molecule has 5 heteroatoms. The second kappa shape index (κ2) is 3.82. The molecule has 2 atom stereocenters. The van der Waals surface area contributed by atoms with Crippen molar-refractivity contribution in [2.45, 2.75) is 43.8 Å². The Hall–Kier alpha value is -1.36. The smallest absolute Gasteiger partial charge is 0.136 e. The number of ether oxygens (including phenoxy) is 1. The predicted molar refractivity (Wildman–Crippen MR) is 68.5 cm³/mol. The third-order valence-electron chi connectivity index (χ3n) is 4.06. The van der Waals surface area contributed by atoms with Crippen molar-refractivity contribution < 1.29 is 4.74 Å². The molecular weight excluding hydrogens is 228 g/mol. The average molecular weight is 246 g/mol. The Bertz CT molecular complexity index is 462. The van der Waals surface area contributed by atoms with Crippen LogP contribution in [0.25, 0.3) is 0 Å². The first kappa shape index (κ1) is 10.6. The Labute approximate surface area is 106 Å². The van der Waals surface area contributed by atoms with Gasteiger partial charge in [0.1, 0.15) is 17.5 Å². The van der Waals surface area contributed by atoms with E-state index in [9.17, 15) is 0 Å². The number of fused-ring (bicyclic) bond motifs is 2. The standard InChI is InChI=1S/C13H18N4O/c14-11-5-12(16-13(15-11)8-1-2-8)17-6-9-3-4-10(7-17)18-9/h5,8-10H,1-4,6-7H2,(H2,14,15,16). The van der Waals surface area contributed by atoms with E-state index in [-0.39, 0.29) is 0 Å². The molecule has 2 saturated heterocycles. The summed E-state index contributed by atoms with van der Waals surface area (Å²) in [6.45, 7) is 1.88. The van der Waals surface area contributed by atoms with E-state index >= 15 is 0 Å². The minimum atomic E-state index is 0.379. The molecule has 1 aliphatic carbocycles. The number of morpholine rings is 1. The van der Waals surface area contributed by atoms with Gasteiger partial charge in [-0.2, -0.15) is 0 Å². The van der Waals surface area contributed by atoms with E-state index in [2.05, 4.69) is 9.88 Å². The Kier molecular flexibility index (Phi) is 2.24. The largest absolute Gasteiger partial charge is 0.384 e. The zero-order valence-electron chi connectivity index (χ0n) is 10.4. The number of hydrogen-bond acceptors (Lipinski definition) is 5. The summed E-state index contributed by atoms with van der Waals surface area (Å²) >= 11 is 0. The zero-order chi connectivity index (χ0) is 12.1. The van der Waals surface area contributed by atoms with Gasteiger partial charge in [0.2, 0.25) is 0 Å². The van der Waals surface area contributed by atoms with E-state index in [1.165, 1.54) is 25.7 Å². The predicted octanol–water partition coefficient (Wildman–Crippen LogP) is 1.30. The normalized spacial score (nSPS) is 30.8. The van der Waals surface area contributed by atoms with Gasteiger partial charge in [0.05, 0.1) is 12.2 Å². The van der Waals surface area contributed by atoms with Gasteiger partial charge in [0.25, 0.3) is 0 Å². The molecule has 1 aromatic heterocycles. The Morgan fingerprint density at radius 1 is 1.11 bits per heavy atom. The third kappa shape index (κ3) is 1.82. The maximum absolute atomic E-state index is 5.91. The second-order valence-electron chi connectivity index (χ2n) is 5.65. The molecule has 0 amide bonds. The summed E-state index contributed by atoms with van der Waals surface area (Å²) in [5.74, 6) is 3.07. The van der Waals surface area contributed by atoms with E-state index in [0.717, 1.165) is 24.7 Å². The highest BCUT2D eigenvalue weighted by Crippen LogP contribution is 2.39. The van der Waals surface area contributed by atoms with Crippen LogP contribution in [0.4, 0.5) is 11.6 Å². The van der Waals surface area contributed by atoms with E-state index in [4.69, 9.17) is 15.5 Å². The minimum absolute atomic E-state index is 0.379. The molecule has 18 heavy (non-hydrogen) atoms. The van der Waals surface area contributed by atoms with Crippen LogP contribution < -0.4 is 10.6 Å². The number of rotatable bonds is 2. The van der Waals surface area contributed by atoms with Crippen molar-refractivity contribution in [3.8, 4) is 0 Å². The molecule has 3 aliphatic rings.